The lowest BCUT2D eigenvalue weighted by Gasteiger charge is -1.99. The summed E-state index contributed by atoms with van der Waals surface area (Å²) >= 11 is 5.94. The van der Waals surface area contributed by atoms with Crippen LogP contribution < -0.4 is 9.47 Å². The number of benzene rings is 2. The highest BCUT2D eigenvalue weighted by molar-refractivity contribution is 6.31. The van der Waals surface area contributed by atoms with Gasteiger partial charge in [-0.2, -0.15) is 0 Å². The van der Waals surface area contributed by atoms with Crippen molar-refractivity contribution in [2.24, 2.45) is 4.99 Å². The molecule has 0 atom stereocenters. The Kier molecular flexibility index (Phi) is 3.28. The van der Waals surface area contributed by atoms with Gasteiger partial charge < -0.3 is 14.2 Å². The van der Waals surface area contributed by atoms with E-state index in [1.54, 1.807) is 42.5 Å². The zero-order valence-electron chi connectivity index (χ0n) is 11.8. The molecule has 0 aliphatic carbocycles. The molecule has 2 aliphatic rings. The molecule has 0 unspecified atom stereocenters. The number of hydrogen-bond donors (Lipinski definition) is 0. The van der Waals surface area contributed by atoms with E-state index in [1.807, 2.05) is 6.07 Å². The fraction of sp³-hybridized carbons (Fsp3) is 0.0588. The van der Waals surface area contributed by atoms with Crippen molar-refractivity contribution < 1.29 is 19.0 Å². The summed E-state index contributed by atoms with van der Waals surface area (Å²) in [6.07, 6.45) is 1.64. The van der Waals surface area contributed by atoms with Gasteiger partial charge in [-0.1, -0.05) is 23.7 Å². The van der Waals surface area contributed by atoms with Gasteiger partial charge >= 0.3 is 5.97 Å². The number of fused-ring (bicyclic) bond motifs is 1. The summed E-state index contributed by atoms with van der Waals surface area (Å²) in [6.45, 7) is 0.203. The number of nitrogens with zero attached hydrogens (tertiary/aromatic N) is 1. The molecule has 2 aliphatic heterocycles. The van der Waals surface area contributed by atoms with Crippen LogP contribution in [-0.4, -0.2) is 18.7 Å². The SMILES string of the molecule is O=C1OC(c2cccc(Cl)c2)=N/C1=C/c1ccc2c(c1)OCO2. The average molecular weight is 328 g/mol. The number of hydrogen-bond acceptors (Lipinski definition) is 5. The molecule has 0 saturated heterocycles. The summed E-state index contributed by atoms with van der Waals surface area (Å²) in [7, 11) is 0. The zero-order valence-corrected chi connectivity index (χ0v) is 12.5. The zero-order chi connectivity index (χ0) is 15.8. The molecule has 0 radical (unpaired) electrons. The third kappa shape index (κ3) is 2.66. The van der Waals surface area contributed by atoms with Gasteiger partial charge in [0.2, 0.25) is 12.7 Å². The van der Waals surface area contributed by atoms with Gasteiger partial charge in [0, 0.05) is 10.6 Å². The Morgan fingerprint density at radius 3 is 2.83 bits per heavy atom. The highest BCUT2D eigenvalue weighted by Crippen LogP contribution is 2.33. The minimum absolute atomic E-state index is 0.203. The molecule has 0 fully saturated rings. The smallest absolute Gasteiger partial charge is 0.363 e. The fourth-order valence-electron chi connectivity index (χ4n) is 2.31. The first-order valence-corrected chi connectivity index (χ1v) is 7.25. The number of rotatable bonds is 2. The minimum Gasteiger partial charge on any atom is -0.454 e. The van der Waals surface area contributed by atoms with Crippen molar-refractivity contribution in [1.82, 2.24) is 0 Å². The highest BCUT2D eigenvalue weighted by atomic mass is 35.5. The van der Waals surface area contributed by atoms with Crippen LogP contribution >= 0.6 is 11.6 Å². The topological polar surface area (TPSA) is 57.1 Å². The van der Waals surface area contributed by atoms with Crippen molar-refractivity contribution in [3.8, 4) is 11.5 Å². The monoisotopic (exact) mass is 327 g/mol. The molecular formula is C17H10ClNO4. The van der Waals surface area contributed by atoms with E-state index in [0.717, 1.165) is 5.56 Å². The number of cyclic esters (lactones) is 1. The van der Waals surface area contributed by atoms with Gasteiger partial charge in [0.25, 0.3) is 0 Å². The van der Waals surface area contributed by atoms with Gasteiger partial charge in [-0.3, -0.25) is 0 Å². The molecule has 0 spiro atoms. The number of carbonyl (C=O) groups is 1. The van der Waals surface area contributed by atoms with E-state index in [1.165, 1.54) is 0 Å². The van der Waals surface area contributed by atoms with Crippen LogP contribution in [0.5, 0.6) is 11.5 Å². The second-order valence-electron chi connectivity index (χ2n) is 4.96. The van der Waals surface area contributed by atoms with Crippen molar-refractivity contribution in [3.63, 3.8) is 0 Å². The molecule has 23 heavy (non-hydrogen) atoms. The molecule has 2 aromatic rings. The molecule has 2 aromatic carbocycles. The molecule has 2 heterocycles. The maximum atomic E-state index is 12.0. The molecule has 114 valence electrons. The molecular weight excluding hydrogens is 318 g/mol. The standard InChI is InChI=1S/C17H10ClNO4/c18-12-3-1-2-11(8-12)16-19-13(17(20)23-16)6-10-4-5-14-15(7-10)22-9-21-14/h1-8H,9H2/b13-6+. The lowest BCUT2D eigenvalue weighted by molar-refractivity contribution is -0.129. The summed E-state index contributed by atoms with van der Waals surface area (Å²) in [5.74, 6) is 1.07. The lowest BCUT2D eigenvalue weighted by atomic mass is 10.1. The molecule has 0 amide bonds. The summed E-state index contributed by atoms with van der Waals surface area (Å²) in [5.41, 5.74) is 1.65. The normalized spacial score (nSPS) is 17.3. The van der Waals surface area contributed by atoms with Crippen LogP contribution in [-0.2, 0) is 9.53 Å². The van der Waals surface area contributed by atoms with Crippen molar-refractivity contribution in [2.45, 2.75) is 0 Å². The van der Waals surface area contributed by atoms with Gasteiger partial charge in [-0.05, 0) is 42.0 Å². The Hall–Kier alpha value is -2.79. The number of aliphatic imine (C=N–C) groups is 1. The van der Waals surface area contributed by atoms with Crippen LogP contribution in [0.2, 0.25) is 5.02 Å². The van der Waals surface area contributed by atoms with Crippen LogP contribution in [0, 0.1) is 0 Å². The Labute approximate surface area is 136 Å². The second-order valence-corrected chi connectivity index (χ2v) is 5.40. The van der Waals surface area contributed by atoms with Gasteiger partial charge in [-0.25, -0.2) is 9.79 Å². The quantitative estimate of drug-likeness (QED) is 0.626. The van der Waals surface area contributed by atoms with Crippen LogP contribution in [0.25, 0.3) is 6.08 Å². The summed E-state index contributed by atoms with van der Waals surface area (Å²) in [5, 5.41) is 0.550. The van der Waals surface area contributed by atoms with Crippen LogP contribution in [0.1, 0.15) is 11.1 Å². The van der Waals surface area contributed by atoms with Crippen molar-refractivity contribution in [1.29, 1.82) is 0 Å². The summed E-state index contributed by atoms with van der Waals surface area (Å²) in [6, 6.07) is 12.4. The van der Waals surface area contributed by atoms with Crippen molar-refractivity contribution >= 4 is 29.5 Å². The van der Waals surface area contributed by atoms with Crippen LogP contribution in [0.15, 0.2) is 53.2 Å². The molecule has 0 saturated carbocycles. The van der Waals surface area contributed by atoms with Crippen molar-refractivity contribution in [2.75, 3.05) is 6.79 Å². The first-order valence-electron chi connectivity index (χ1n) is 6.87. The highest BCUT2D eigenvalue weighted by Gasteiger charge is 2.24. The van der Waals surface area contributed by atoms with E-state index in [2.05, 4.69) is 4.99 Å². The first-order chi connectivity index (χ1) is 11.2. The van der Waals surface area contributed by atoms with Crippen LogP contribution in [0.4, 0.5) is 0 Å². The number of ether oxygens (including phenoxy) is 3. The number of halogens is 1. The number of carbonyl (C=O) groups excluding carboxylic acids is 1. The maximum absolute atomic E-state index is 12.0. The number of esters is 1. The molecule has 0 aromatic heterocycles. The summed E-state index contributed by atoms with van der Waals surface area (Å²) < 4.78 is 15.8. The molecule has 4 rings (SSSR count). The minimum atomic E-state index is -0.502. The van der Waals surface area contributed by atoms with Gasteiger partial charge in [0.15, 0.2) is 17.2 Å². The van der Waals surface area contributed by atoms with E-state index < -0.39 is 5.97 Å². The van der Waals surface area contributed by atoms with E-state index in [9.17, 15) is 4.79 Å². The third-order valence-electron chi connectivity index (χ3n) is 3.39. The Bertz CT molecular complexity index is 873. The molecule has 5 nitrogen and oxygen atoms in total. The summed E-state index contributed by atoms with van der Waals surface area (Å²) in [4.78, 5) is 16.2. The van der Waals surface area contributed by atoms with E-state index in [4.69, 9.17) is 25.8 Å². The predicted octanol–water partition coefficient (Wildman–Crippen LogP) is 3.41. The van der Waals surface area contributed by atoms with Crippen molar-refractivity contribution in [3.05, 3.63) is 64.3 Å². The van der Waals surface area contributed by atoms with E-state index in [0.29, 0.717) is 22.1 Å². The Balaban J connectivity index is 1.67. The first kappa shape index (κ1) is 13.8. The van der Waals surface area contributed by atoms with Gasteiger partial charge in [0.1, 0.15) is 0 Å². The van der Waals surface area contributed by atoms with Crippen LogP contribution in [0.3, 0.4) is 0 Å². The lowest BCUT2D eigenvalue weighted by Crippen LogP contribution is -2.05. The van der Waals surface area contributed by atoms with E-state index in [-0.39, 0.29) is 18.4 Å². The average Bonchev–Trinajstić information content (AvgIpc) is 3.14. The molecule has 0 bridgehead atoms. The largest absolute Gasteiger partial charge is 0.454 e. The van der Waals surface area contributed by atoms with E-state index >= 15 is 0 Å². The Morgan fingerprint density at radius 1 is 1.09 bits per heavy atom. The Morgan fingerprint density at radius 2 is 1.96 bits per heavy atom. The maximum Gasteiger partial charge on any atom is 0.363 e. The van der Waals surface area contributed by atoms with Gasteiger partial charge in [0.05, 0.1) is 0 Å². The second kappa shape index (κ2) is 5.44. The molecule has 0 N–H and O–H groups in total. The predicted molar refractivity (Wildman–Crippen MR) is 84.6 cm³/mol. The third-order valence-corrected chi connectivity index (χ3v) is 3.63. The molecule has 6 heteroatoms. The van der Waals surface area contributed by atoms with Gasteiger partial charge in [-0.15, -0.1) is 0 Å². The fourth-order valence-corrected chi connectivity index (χ4v) is 2.51.